The Balaban J connectivity index is 4.51. The van der Waals surface area contributed by atoms with Gasteiger partial charge in [-0.2, -0.15) is 0 Å². The van der Waals surface area contributed by atoms with Crippen molar-refractivity contribution in [2.75, 3.05) is 26.7 Å². The van der Waals surface area contributed by atoms with E-state index in [1.807, 2.05) is 26.7 Å². The molecule has 0 spiro atoms. The smallest absolute Gasteiger partial charge is 0.0182 e. The van der Waals surface area contributed by atoms with Crippen LogP contribution in [-0.2, 0) is 23.6 Å². The fourth-order valence-electron chi connectivity index (χ4n) is 0.241. The topological polar surface area (TPSA) is 0 Å². The Morgan fingerprint density at radius 1 is 0.800 bits per heavy atom. The highest BCUT2D eigenvalue weighted by Crippen LogP contribution is 2.40. The van der Waals surface area contributed by atoms with E-state index in [0.29, 0.717) is 0 Å². The van der Waals surface area contributed by atoms with Crippen LogP contribution in [-0.4, -0.2) is 26.7 Å². The Morgan fingerprint density at radius 3 is 1.10 bits per heavy atom. The van der Waals surface area contributed by atoms with Crippen molar-refractivity contribution in [2.24, 2.45) is 0 Å². The van der Waals surface area contributed by atoms with Crippen molar-refractivity contribution in [3.63, 3.8) is 0 Å². The zero-order chi connectivity index (χ0) is 8.41. The minimum absolute atomic E-state index is 1.33. The molecule has 10 heavy (non-hydrogen) atoms. The lowest BCUT2D eigenvalue weighted by Crippen LogP contribution is -1.68. The van der Waals surface area contributed by atoms with E-state index in [4.69, 9.17) is 23.6 Å². The molecule has 0 aliphatic heterocycles. The molecular formula is C6H12P2S2. The van der Waals surface area contributed by atoms with E-state index in [0.717, 1.165) is 0 Å². The molecule has 0 N–H and O–H groups in total. The van der Waals surface area contributed by atoms with Crippen LogP contribution in [0.15, 0.2) is 0 Å². The monoisotopic (exact) mass is 210 g/mol. The summed E-state index contributed by atoms with van der Waals surface area (Å²) in [7, 11) is 0. The van der Waals surface area contributed by atoms with Crippen molar-refractivity contribution in [3.05, 3.63) is 0 Å². The molecule has 0 aromatic heterocycles. The first-order valence-corrected chi connectivity index (χ1v) is 10.2. The number of rotatable bonds is 0. The second-order valence-corrected chi connectivity index (χ2v) is 14.3. The molecule has 0 atom stereocenters. The number of hydrogen-bond donors (Lipinski definition) is 0. The van der Waals surface area contributed by atoms with Gasteiger partial charge in [0.1, 0.15) is 0 Å². The molecule has 0 aliphatic rings. The van der Waals surface area contributed by atoms with E-state index in [2.05, 4.69) is 11.3 Å². The Bertz CT molecular complexity index is 231. The SMILES string of the molecule is CP(C)(=S)C#CP(C)(C)=S. The zero-order valence-electron chi connectivity index (χ0n) is 6.71. The third kappa shape index (κ3) is 8.86. The van der Waals surface area contributed by atoms with Crippen LogP contribution in [0, 0.1) is 11.3 Å². The van der Waals surface area contributed by atoms with E-state index in [-0.39, 0.29) is 0 Å². The van der Waals surface area contributed by atoms with Crippen molar-refractivity contribution in [3.8, 4) is 11.3 Å². The fourth-order valence-corrected chi connectivity index (χ4v) is 2.90. The van der Waals surface area contributed by atoms with Crippen LogP contribution < -0.4 is 0 Å². The molecule has 0 heterocycles. The maximum absolute atomic E-state index is 5.16. The second kappa shape index (κ2) is 3.51. The lowest BCUT2D eigenvalue weighted by Gasteiger charge is -1.99. The quantitative estimate of drug-likeness (QED) is 0.445. The first-order chi connectivity index (χ1) is 4.21. The van der Waals surface area contributed by atoms with Gasteiger partial charge in [-0.3, -0.25) is 0 Å². The predicted octanol–water partition coefficient (Wildman–Crippen LogP) is 2.38. The average Bonchev–Trinajstić information content (AvgIpc) is 1.57. The summed E-state index contributed by atoms with van der Waals surface area (Å²) in [6, 6.07) is -2.66. The Kier molecular flexibility index (Phi) is 3.81. The standard InChI is InChI=1S/C6H12P2S2/c1-7(2,9)5-6-8(3,4)10/h1-4H3. The predicted molar refractivity (Wildman–Crippen MR) is 60.0 cm³/mol. The lowest BCUT2D eigenvalue weighted by molar-refractivity contribution is 2.21. The van der Waals surface area contributed by atoms with Gasteiger partial charge < -0.3 is 0 Å². The van der Waals surface area contributed by atoms with E-state index < -0.39 is 12.1 Å². The van der Waals surface area contributed by atoms with E-state index in [1.165, 1.54) is 0 Å². The molecule has 0 unspecified atom stereocenters. The van der Waals surface area contributed by atoms with E-state index in [9.17, 15) is 0 Å². The first kappa shape index (κ1) is 10.9. The van der Waals surface area contributed by atoms with Gasteiger partial charge in [-0.25, -0.2) is 0 Å². The molecule has 0 rings (SSSR count). The Labute approximate surface area is 73.8 Å². The molecule has 4 heteroatoms. The van der Waals surface area contributed by atoms with Gasteiger partial charge in [0.25, 0.3) is 0 Å². The highest BCUT2D eigenvalue weighted by atomic mass is 32.4. The van der Waals surface area contributed by atoms with Crippen molar-refractivity contribution >= 4 is 35.7 Å². The third-order valence-electron chi connectivity index (χ3n) is 0.589. The lowest BCUT2D eigenvalue weighted by atomic mass is 11.4. The zero-order valence-corrected chi connectivity index (χ0v) is 10.1. The first-order valence-electron chi connectivity index (χ1n) is 2.85. The second-order valence-electron chi connectivity index (χ2n) is 2.93. The summed E-state index contributed by atoms with van der Waals surface area (Å²) in [6.07, 6.45) is 0. The van der Waals surface area contributed by atoms with Crippen LogP contribution in [0.3, 0.4) is 0 Å². The molecular weight excluding hydrogens is 198 g/mol. The minimum Gasteiger partial charge on any atom is -0.0843 e. The van der Waals surface area contributed by atoms with Gasteiger partial charge in [0.2, 0.25) is 0 Å². The maximum Gasteiger partial charge on any atom is 0.0182 e. The number of hydrogen-bond acceptors (Lipinski definition) is 2. The van der Waals surface area contributed by atoms with Gasteiger partial charge in [0, 0.05) is 12.1 Å². The molecule has 0 saturated carbocycles. The fraction of sp³-hybridized carbons (Fsp3) is 0.667. The summed E-state index contributed by atoms with van der Waals surface area (Å²) in [4.78, 5) is 0. The molecule has 0 aliphatic carbocycles. The summed E-state index contributed by atoms with van der Waals surface area (Å²) in [5.41, 5.74) is 6.17. The van der Waals surface area contributed by atoms with E-state index >= 15 is 0 Å². The van der Waals surface area contributed by atoms with Crippen molar-refractivity contribution in [2.45, 2.75) is 0 Å². The molecule has 0 saturated heterocycles. The van der Waals surface area contributed by atoms with Crippen LogP contribution in [0.2, 0.25) is 0 Å². The van der Waals surface area contributed by atoms with Crippen molar-refractivity contribution in [1.82, 2.24) is 0 Å². The Morgan fingerprint density at radius 2 is 1.00 bits per heavy atom. The van der Waals surface area contributed by atoms with Gasteiger partial charge in [-0.1, -0.05) is 34.9 Å². The largest absolute Gasteiger partial charge is 0.0843 e. The van der Waals surface area contributed by atoms with Crippen LogP contribution in [0.25, 0.3) is 0 Å². The van der Waals surface area contributed by atoms with Gasteiger partial charge in [-0.05, 0) is 26.7 Å². The molecule has 0 radical (unpaired) electrons. The van der Waals surface area contributed by atoms with Gasteiger partial charge in [-0.15, -0.1) is 0 Å². The van der Waals surface area contributed by atoms with Crippen LogP contribution in [0.1, 0.15) is 0 Å². The highest BCUT2D eigenvalue weighted by molar-refractivity contribution is 8.18. The molecule has 0 amide bonds. The summed E-state index contributed by atoms with van der Waals surface area (Å²) in [5, 5.41) is 0. The molecule has 0 aromatic rings. The van der Waals surface area contributed by atoms with Gasteiger partial charge >= 0.3 is 0 Å². The minimum atomic E-state index is -1.33. The summed E-state index contributed by atoms with van der Waals surface area (Å²) < 4.78 is 0. The summed E-state index contributed by atoms with van der Waals surface area (Å²) in [5.74, 6) is 0. The molecule has 58 valence electrons. The van der Waals surface area contributed by atoms with Gasteiger partial charge in [0.05, 0.1) is 0 Å². The normalized spacial score (nSPS) is 12.0. The van der Waals surface area contributed by atoms with Crippen LogP contribution in [0.4, 0.5) is 0 Å². The van der Waals surface area contributed by atoms with E-state index in [1.54, 1.807) is 0 Å². The maximum atomic E-state index is 5.16. The highest BCUT2D eigenvalue weighted by Gasteiger charge is 1.97. The van der Waals surface area contributed by atoms with Gasteiger partial charge in [0.15, 0.2) is 0 Å². The van der Waals surface area contributed by atoms with Crippen molar-refractivity contribution in [1.29, 1.82) is 0 Å². The molecule has 0 aromatic carbocycles. The van der Waals surface area contributed by atoms with Crippen molar-refractivity contribution < 1.29 is 0 Å². The third-order valence-corrected chi connectivity index (χ3v) is 2.61. The molecule has 0 fully saturated rings. The molecule has 0 nitrogen and oxygen atoms in total. The summed E-state index contributed by atoms with van der Waals surface area (Å²) in [6.45, 7) is 8.11. The Hall–Kier alpha value is 0.860. The summed E-state index contributed by atoms with van der Waals surface area (Å²) >= 11 is 10.3. The molecule has 0 bridgehead atoms. The average molecular weight is 210 g/mol. The van der Waals surface area contributed by atoms with Crippen LogP contribution >= 0.6 is 12.1 Å². The van der Waals surface area contributed by atoms with Crippen LogP contribution in [0.5, 0.6) is 0 Å².